The highest BCUT2D eigenvalue weighted by Crippen LogP contribution is 2.25. The lowest BCUT2D eigenvalue weighted by Crippen LogP contribution is -2.40. The Morgan fingerprint density at radius 1 is 1.07 bits per heavy atom. The number of nitrogens with one attached hydrogen (secondary N) is 1. The number of amides is 2. The molecule has 1 unspecified atom stereocenters. The van der Waals surface area contributed by atoms with Gasteiger partial charge in [0.15, 0.2) is 0 Å². The molecule has 0 spiro atoms. The maximum atomic E-state index is 12.3. The number of piperidine rings is 1. The molecular formula is C24H30N2O3. The van der Waals surface area contributed by atoms with Gasteiger partial charge in [0.05, 0.1) is 0 Å². The molecule has 0 aromatic heterocycles. The Bertz CT molecular complexity index is 740. The second kappa shape index (κ2) is 10.8. The van der Waals surface area contributed by atoms with E-state index >= 15 is 0 Å². The predicted molar refractivity (Wildman–Crippen MR) is 113 cm³/mol. The van der Waals surface area contributed by atoms with Crippen LogP contribution in [0.5, 0.6) is 0 Å². The SMILES string of the molecule is CC1CCCN(C(=O)CCNC(=O)COC(c2ccccc2)c2ccccc2)C1. The molecule has 1 heterocycles. The quantitative estimate of drug-likeness (QED) is 0.745. The van der Waals surface area contributed by atoms with E-state index in [4.69, 9.17) is 4.74 Å². The van der Waals surface area contributed by atoms with Crippen LogP contribution < -0.4 is 5.32 Å². The maximum Gasteiger partial charge on any atom is 0.246 e. The highest BCUT2D eigenvalue weighted by Gasteiger charge is 2.21. The Labute approximate surface area is 173 Å². The molecule has 5 heteroatoms. The molecule has 0 aliphatic carbocycles. The van der Waals surface area contributed by atoms with Gasteiger partial charge in [0.1, 0.15) is 12.7 Å². The number of benzene rings is 2. The molecule has 2 amide bonds. The van der Waals surface area contributed by atoms with E-state index in [0.717, 1.165) is 30.6 Å². The molecule has 1 saturated heterocycles. The van der Waals surface area contributed by atoms with Crippen molar-refractivity contribution >= 4 is 11.8 Å². The molecule has 1 N–H and O–H groups in total. The summed E-state index contributed by atoms with van der Waals surface area (Å²) >= 11 is 0. The van der Waals surface area contributed by atoms with E-state index in [1.54, 1.807) is 0 Å². The van der Waals surface area contributed by atoms with Crippen molar-refractivity contribution in [2.24, 2.45) is 5.92 Å². The minimum atomic E-state index is -0.306. The van der Waals surface area contributed by atoms with E-state index in [-0.39, 0.29) is 24.5 Å². The number of likely N-dealkylation sites (tertiary alicyclic amines) is 1. The van der Waals surface area contributed by atoms with Gasteiger partial charge in [0, 0.05) is 26.1 Å². The molecule has 154 valence electrons. The third-order valence-electron chi connectivity index (χ3n) is 5.26. The molecule has 0 saturated carbocycles. The van der Waals surface area contributed by atoms with Crippen LogP contribution in [0.4, 0.5) is 0 Å². The maximum absolute atomic E-state index is 12.3. The fourth-order valence-corrected chi connectivity index (χ4v) is 3.73. The van der Waals surface area contributed by atoms with E-state index in [0.29, 0.717) is 18.9 Å². The summed E-state index contributed by atoms with van der Waals surface area (Å²) in [6.45, 7) is 4.12. The third-order valence-corrected chi connectivity index (χ3v) is 5.26. The number of hydrogen-bond donors (Lipinski definition) is 1. The van der Waals surface area contributed by atoms with Gasteiger partial charge in [-0.05, 0) is 29.9 Å². The third kappa shape index (κ3) is 6.43. The summed E-state index contributed by atoms with van der Waals surface area (Å²) < 4.78 is 5.96. The largest absolute Gasteiger partial charge is 0.359 e. The molecule has 2 aromatic rings. The van der Waals surface area contributed by atoms with E-state index in [1.165, 1.54) is 6.42 Å². The fourth-order valence-electron chi connectivity index (χ4n) is 3.73. The lowest BCUT2D eigenvalue weighted by Gasteiger charge is -2.31. The Morgan fingerprint density at radius 3 is 2.28 bits per heavy atom. The zero-order valence-corrected chi connectivity index (χ0v) is 17.0. The first-order chi connectivity index (χ1) is 14.1. The molecule has 2 aromatic carbocycles. The summed E-state index contributed by atoms with van der Waals surface area (Å²) in [6.07, 6.45) is 2.27. The molecule has 0 radical (unpaired) electrons. The number of rotatable bonds is 8. The zero-order valence-electron chi connectivity index (χ0n) is 17.0. The van der Waals surface area contributed by atoms with Gasteiger partial charge in [0.25, 0.3) is 0 Å². The van der Waals surface area contributed by atoms with Gasteiger partial charge >= 0.3 is 0 Å². The molecule has 1 atom stereocenters. The smallest absolute Gasteiger partial charge is 0.246 e. The van der Waals surface area contributed by atoms with Gasteiger partial charge < -0.3 is 15.0 Å². The van der Waals surface area contributed by atoms with Gasteiger partial charge in [-0.15, -0.1) is 0 Å². The van der Waals surface area contributed by atoms with Crippen molar-refractivity contribution < 1.29 is 14.3 Å². The van der Waals surface area contributed by atoms with Crippen LogP contribution >= 0.6 is 0 Å². The summed E-state index contributed by atoms with van der Waals surface area (Å²) in [4.78, 5) is 26.5. The standard InChI is InChI=1S/C24H30N2O3/c1-19-9-8-16-26(17-19)23(28)14-15-25-22(27)18-29-24(20-10-4-2-5-11-20)21-12-6-3-7-13-21/h2-7,10-13,19,24H,8-9,14-18H2,1H3,(H,25,27). The minimum Gasteiger partial charge on any atom is -0.359 e. The second-order valence-electron chi connectivity index (χ2n) is 7.70. The molecule has 29 heavy (non-hydrogen) atoms. The normalized spacial score (nSPS) is 16.6. The van der Waals surface area contributed by atoms with Crippen LogP contribution in [0.1, 0.15) is 43.4 Å². The Hall–Kier alpha value is -2.66. The Balaban J connectivity index is 1.47. The van der Waals surface area contributed by atoms with Crippen molar-refractivity contribution in [3.63, 3.8) is 0 Å². The minimum absolute atomic E-state index is 0.0522. The van der Waals surface area contributed by atoms with Crippen LogP contribution in [0.2, 0.25) is 0 Å². The second-order valence-corrected chi connectivity index (χ2v) is 7.70. The number of hydrogen-bond acceptors (Lipinski definition) is 3. The topological polar surface area (TPSA) is 58.6 Å². The van der Waals surface area contributed by atoms with Crippen molar-refractivity contribution in [2.45, 2.75) is 32.3 Å². The van der Waals surface area contributed by atoms with Crippen molar-refractivity contribution in [3.8, 4) is 0 Å². The van der Waals surface area contributed by atoms with Crippen LogP contribution in [0.15, 0.2) is 60.7 Å². The van der Waals surface area contributed by atoms with Gasteiger partial charge in [0.2, 0.25) is 11.8 Å². The number of ether oxygens (including phenoxy) is 1. The number of nitrogens with zero attached hydrogens (tertiary/aromatic N) is 1. The summed E-state index contributed by atoms with van der Waals surface area (Å²) in [6, 6.07) is 19.7. The highest BCUT2D eigenvalue weighted by molar-refractivity contribution is 5.79. The first-order valence-corrected chi connectivity index (χ1v) is 10.4. The summed E-state index contributed by atoms with van der Waals surface area (Å²) in [7, 11) is 0. The summed E-state index contributed by atoms with van der Waals surface area (Å²) in [5, 5.41) is 2.81. The first-order valence-electron chi connectivity index (χ1n) is 10.4. The number of carbonyl (C=O) groups is 2. The Morgan fingerprint density at radius 2 is 1.69 bits per heavy atom. The van der Waals surface area contributed by atoms with Crippen molar-refractivity contribution in [3.05, 3.63) is 71.8 Å². The van der Waals surface area contributed by atoms with E-state index in [1.807, 2.05) is 65.6 Å². The predicted octanol–water partition coefficient (Wildman–Crippen LogP) is 3.56. The van der Waals surface area contributed by atoms with Crippen LogP contribution in [0.3, 0.4) is 0 Å². The number of carbonyl (C=O) groups excluding carboxylic acids is 2. The van der Waals surface area contributed by atoms with Gasteiger partial charge in [-0.1, -0.05) is 67.6 Å². The molecule has 0 bridgehead atoms. The molecule has 5 nitrogen and oxygen atoms in total. The first kappa shape index (κ1) is 21.1. The molecular weight excluding hydrogens is 364 g/mol. The van der Waals surface area contributed by atoms with Crippen LogP contribution in [-0.4, -0.2) is 43.0 Å². The van der Waals surface area contributed by atoms with Crippen molar-refractivity contribution in [1.29, 1.82) is 0 Å². The van der Waals surface area contributed by atoms with E-state index < -0.39 is 0 Å². The van der Waals surface area contributed by atoms with Crippen LogP contribution in [0, 0.1) is 5.92 Å². The highest BCUT2D eigenvalue weighted by atomic mass is 16.5. The molecule has 1 aliphatic rings. The van der Waals surface area contributed by atoms with Crippen molar-refractivity contribution in [2.75, 3.05) is 26.2 Å². The Kier molecular flexibility index (Phi) is 7.82. The fraction of sp³-hybridized carbons (Fsp3) is 0.417. The lowest BCUT2D eigenvalue weighted by molar-refractivity contribution is -0.133. The monoisotopic (exact) mass is 394 g/mol. The van der Waals surface area contributed by atoms with Crippen LogP contribution in [0.25, 0.3) is 0 Å². The van der Waals surface area contributed by atoms with Gasteiger partial charge in [-0.2, -0.15) is 0 Å². The molecule has 3 rings (SSSR count). The average molecular weight is 395 g/mol. The van der Waals surface area contributed by atoms with E-state index in [9.17, 15) is 9.59 Å². The lowest BCUT2D eigenvalue weighted by atomic mass is 10.00. The summed E-state index contributed by atoms with van der Waals surface area (Å²) in [5.74, 6) is 0.467. The van der Waals surface area contributed by atoms with Gasteiger partial charge in [-0.25, -0.2) is 0 Å². The van der Waals surface area contributed by atoms with Gasteiger partial charge in [-0.3, -0.25) is 9.59 Å². The van der Waals surface area contributed by atoms with Crippen molar-refractivity contribution in [1.82, 2.24) is 10.2 Å². The zero-order chi connectivity index (χ0) is 20.5. The molecule has 1 aliphatic heterocycles. The molecule has 1 fully saturated rings. The van der Waals surface area contributed by atoms with E-state index in [2.05, 4.69) is 12.2 Å². The van der Waals surface area contributed by atoms with Crippen LogP contribution in [-0.2, 0) is 14.3 Å². The summed E-state index contributed by atoms with van der Waals surface area (Å²) in [5.41, 5.74) is 2.00. The average Bonchev–Trinajstić information content (AvgIpc) is 2.75.